The number of benzene rings is 1. The molecule has 2 aliphatic rings. The highest BCUT2D eigenvalue weighted by Gasteiger charge is 2.31. The van der Waals surface area contributed by atoms with Gasteiger partial charge in [0.15, 0.2) is 10.9 Å². The molecule has 2 N–H and O–H groups in total. The minimum absolute atomic E-state index is 0.0559. The molecule has 43 heavy (non-hydrogen) atoms. The number of anilines is 3. The van der Waals surface area contributed by atoms with E-state index in [4.69, 9.17) is 4.74 Å². The number of carbonyl (C=O) groups excluding carboxylic acids is 2. The van der Waals surface area contributed by atoms with Crippen molar-refractivity contribution >= 4 is 40.7 Å². The molecule has 1 aliphatic heterocycles. The standard InChI is InChI=1S/C31H33N7O4S/c1-36-15-16-37(2)29(39)27(36)19-11-13-21(14-12-19)32-28-30(40)38(3)18-23(34-28)22-8-6-10-25(33-22)35-31(41)42-26-17-20-7-4-5-9-24(20)43-26/h6,8,10-14,17-18,27H,4-5,7,9,15-16H2,1-3H3,(H,32,34)(H,33,35,41). The SMILES string of the molecule is CN1CCN(C)C(c2ccc(Nc3nc(-c4cccc(NC(=O)Oc5cc6c(s5)CCCC6)n4)cn(C)c3=O)cc2)C1=O. The van der Waals surface area contributed by atoms with Crippen LogP contribution in [0.2, 0.25) is 0 Å². The van der Waals surface area contributed by atoms with Gasteiger partial charge in [-0.2, -0.15) is 0 Å². The molecule has 4 heterocycles. The fourth-order valence-corrected chi connectivity index (χ4v) is 6.52. The molecule has 0 bridgehead atoms. The first-order valence-electron chi connectivity index (χ1n) is 14.2. The van der Waals surface area contributed by atoms with E-state index in [-0.39, 0.29) is 23.3 Å². The Morgan fingerprint density at radius 3 is 2.56 bits per heavy atom. The van der Waals surface area contributed by atoms with E-state index in [0.717, 1.165) is 37.8 Å². The van der Waals surface area contributed by atoms with Gasteiger partial charge in [-0.25, -0.2) is 14.8 Å². The van der Waals surface area contributed by atoms with Crippen molar-refractivity contribution in [1.29, 1.82) is 0 Å². The van der Waals surface area contributed by atoms with Gasteiger partial charge in [0, 0.05) is 43.9 Å². The first-order chi connectivity index (χ1) is 20.7. The molecule has 1 aliphatic carbocycles. The van der Waals surface area contributed by atoms with Crippen molar-refractivity contribution < 1.29 is 14.3 Å². The summed E-state index contributed by atoms with van der Waals surface area (Å²) in [5.74, 6) is 0.484. The van der Waals surface area contributed by atoms with E-state index < -0.39 is 6.09 Å². The van der Waals surface area contributed by atoms with E-state index in [1.165, 1.54) is 26.3 Å². The normalized spacial score (nSPS) is 17.0. The maximum atomic E-state index is 12.9. The number of nitrogens with one attached hydrogen (secondary N) is 2. The Morgan fingerprint density at radius 2 is 1.77 bits per heavy atom. The molecule has 4 aromatic rings. The summed E-state index contributed by atoms with van der Waals surface area (Å²) in [5.41, 5.74) is 3.41. The van der Waals surface area contributed by atoms with Gasteiger partial charge in [-0.1, -0.05) is 18.2 Å². The molecule has 11 nitrogen and oxygen atoms in total. The summed E-state index contributed by atoms with van der Waals surface area (Å²) >= 11 is 1.52. The lowest BCUT2D eigenvalue weighted by molar-refractivity contribution is -0.139. The third kappa shape index (κ3) is 6.15. The van der Waals surface area contributed by atoms with E-state index >= 15 is 0 Å². The number of hydrogen-bond acceptors (Lipinski definition) is 9. The van der Waals surface area contributed by atoms with Crippen LogP contribution >= 0.6 is 11.3 Å². The van der Waals surface area contributed by atoms with Crippen LogP contribution in [-0.4, -0.2) is 63.5 Å². The number of fused-ring (bicyclic) bond motifs is 1. The highest BCUT2D eigenvalue weighted by Crippen LogP contribution is 2.34. The van der Waals surface area contributed by atoms with E-state index in [0.29, 0.717) is 34.5 Å². The summed E-state index contributed by atoms with van der Waals surface area (Å²) in [4.78, 5) is 52.5. The van der Waals surface area contributed by atoms with Crippen LogP contribution in [0.3, 0.4) is 0 Å². The molecule has 6 rings (SSSR count). The van der Waals surface area contributed by atoms with Gasteiger partial charge in [-0.05, 0) is 74.2 Å². The highest BCUT2D eigenvalue weighted by atomic mass is 32.1. The van der Waals surface area contributed by atoms with Gasteiger partial charge in [0.25, 0.3) is 5.56 Å². The lowest BCUT2D eigenvalue weighted by Crippen LogP contribution is -2.48. The maximum Gasteiger partial charge on any atom is 0.419 e. The largest absolute Gasteiger partial charge is 0.419 e. The number of pyridine rings is 1. The number of nitrogens with zero attached hydrogens (tertiary/aromatic N) is 5. The summed E-state index contributed by atoms with van der Waals surface area (Å²) in [6.07, 6.45) is 5.35. The molecule has 0 saturated carbocycles. The van der Waals surface area contributed by atoms with Crippen LogP contribution in [0.4, 0.5) is 22.1 Å². The second kappa shape index (κ2) is 12.0. The average Bonchev–Trinajstić information content (AvgIpc) is 3.40. The van der Waals surface area contributed by atoms with Gasteiger partial charge >= 0.3 is 6.09 Å². The Balaban J connectivity index is 1.17. The van der Waals surface area contributed by atoms with Gasteiger partial charge in [-0.15, -0.1) is 11.3 Å². The van der Waals surface area contributed by atoms with Gasteiger partial charge in [-0.3, -0.25) is 19.8 Å². The number of rotatable bonds is 6. The summed E-state index contributed by atoms with van der Waals surface area (Å²) in [7, 11) is 5.40. The predicted octanol–water partition coefficient (Wildman–Crippen LogP) is 4.58. The Bertz CT molecular complexity index is 1710. The molecular formula is C31H33N7O4S. The quantitative estimate of drug-likeness (QED) is 0.330. The van der Waals surface area contributed by atoms with Crippen LogP contribution in [0.15, 0.2) is 59.5 Å². The maximum absolute atomic E-state index is 12.9. The fraction of sp³-hybridized carbons (Fsp3) is 0.323. The van der Waals surface area contributed by atoms with Gasteiger partial charge in [0.1, 0.15) is 17.6 Å². The molecule has 1 unspecified atom stereocenters. The Morgan fingerprint density at radius 1 is 0.977 bits per heavy atom. The molecule has 222 valence electrons. The Labute approximate surface area is 253 Å². The zero-order chi connectivity index (χ0) is 30.1. The monoisotopic (exact) mass is 599 g/mol. The van der Waals surface area contributed by atoms with Gasteiger partial charge in [0.05, 0.1) is 5.69 Å². The minimum atomic E-state index is -0.616. The predicted molar refractivity (Wildman–Crippen MR) is 166 cm³/mol. The second-order valence-electron chi connectivity index (χ2n) is 10.9. The lowest BCUT2D eigenvalue weighted by Gasteiger charge is -2.37. The fourth-order valence-electron chi connectivity index (χ4n) is 5.42. The number of hydrogen-bond donors (Lipinski definition) is 2. The van der Waals surface area contributed by atoms with E-state index in [1.807, 2.05) is 49.3 Å². The Kier molecular flexibility index (Phi) is 7.96. The average molecular weight is 600 g/mol. The minimum Gasteiger partial charge on any atom is -0.399 e. The van der Waals surface area contributed by atoms with Crippen LogP contribution in [0, 0.1) is 0 Å². The first kappa shape index (κ1) is 28.6. The number of piperazine rings is 1. The number of ether oxygens (including phenoxy) is 1. The number of amides is 2. The van der Waals surface area contributed by atoms with Gasteiger partial charge < -0.3 is 19.5 Å². The van der Waals surface area contributed by atoms with Crippen molar-refractivity contribution in [3.63, 3.8) is 0 Å². The molecule has 2 amide bonds. The van der Waals surface area contributed by atoms with E-state index in [1.54, 1.807) is 36.3 Å². The first-order valence-corrected chi connectivity index (χ1v) is 15.0. The van der Waals surface area contributed by atoms with E-state index in [2.05, 4.69) is 20.6 Å². The molecular weight excluding hydrogens is 566 g/mol. The van der Waals surface area contributed by atoms with Crippen molar-refractivity contribution in [2.75, 3.05) is 37.8 Å². The number of aryl methyl sites for hydroxylation is 3. The molecule has 12 heteroatoms. The molecule has 0 spiro atoms. The highest BCUT2D eigenvalue weighted by molar-refractivity contribution is 7.14. The van der Waals surface area contributed by atoms with Crippen LogP contribution < -0.4 is 20.9 Å². The number of thiophene rings is 1. The molecule has 1 atom stereocenters. The molecule has 1 fully saturated rings. The third-order valence-corrected chi connectivity index (χ3v) is 8.92. The number of likely N-dealkylation sites (N-methyl/N-ethyl adjacent to an activating group) is 2. The topological polar surface area (TPSA) is 122 Å². The van der Waals surface area contributed by atoms with Crippen LogP contribution in [-0.2, 0) is 24.7 Å². The van der Waals surface area contributed by atoms with Crippen LogP contribution in [0.1, 0.15) is 34.9 Å². The van der Waals surface area contributed by atoms with Crippen LogP contribution in [0.25, 0.3) is 11.4 Å². The zero-order valence-electron chi connectivity index (χ0n) is 24.3. The van der Waals surface area contributed by atoms with Gasteiger partial charge in [0.2, 0.25) is 5.91 Å². The lowest BCUT2D eigenvalue weighted by atomic mass is 10.00. The van der Waals surface area contributed by atoms with E-state index in [9.17, 15) is 14.4 Å². The molecule has 1 aromatic carbocycles. The molecule has 3 aromatic heterocycles. The zero-order valence-corrected chi connectivity index (χ0v) is 25.1. The third-order valence-electron chi connectivity index (χ3n) is 7.81. The Hall–Kier alpha value is -4.55. The van der Waals surface area contributed by atoms with Crippen LogP contribution in [0.5, 0.6) is 5.06 Å². The van der Waals surface area contributed by atoms with Crippen molar-refractivity contribution in [2.24, 2.45) is 7.05 Å². The summed E-state index contributed by atoms with van der Waals surface area (Å²) in [6.45, 7) is 1.49. The van der Waals surface area contributed by atoms with Crippen molar-refractivity contribution in [2.45, 2.75) is 31.7 Å². The molecule has 0 radical (unpaired) electrons. The van der Waals surface area contributed by atoms with Crippen molar-refractivity contribution in [3.05, 3.63) is 81.1 Å². The number of carbonyl (C=O) groups is 2. The van der Waals surface area contributed by atoms with Crippen molar-refractivity contribution in [3.8, 4) is 16.5 Å². The summed E-state index contributed by atoms with van der Waals surface area (Å²) in [6, 6.07) is 14.2. The van der Waals surface area contributed by atoms with Crippen molar-refractivity contribution in [1.82, 2.24) is 24.3 Å². The number of aromatic nitrogens is 3. The summed E-state index contributed by atoms with van der Waals surface area (Å²) < 4.78 is 6.96. The molecule has 1 saturated heterocycles. The smallest absolute Gasteiger partial charge is 0.399 e. The second-order valence-corrected chi connectivity index (χ2v) is 12.0. The summed E-state index contributed by atoms with van der Waals surface area (Å²) in [5, 5.41) is 6.38.